The molecule has 0 saturated heterocycles. The van der Waals surface area contributed by atoms with Crippen LogP contribution in [0.3, 0.4) is 0 Å². The maximum Gasteiger partial charge on any atom is 0.250 e. The topological polar surface area (TPSA) is 63.8 Å². The Morgan fingerprint density at radius 1 is 1.32 bits per heavy atom. The summed E-state index contributed by atoms with van der Waals surface area (Å²) < 4.78 is 18.9. The van der Waals surface area contributed by atoms with Gasteiger partial charge < -0.3 is 9.73 Å². The van der Waals surface area contributed by atoms with Gasteiger partial charge in [0.25, 0.3) is 5.89 Å². The third-order valence-electron chi connectivity index (χ3n) is 2.64. The molecule has 0 aliphatic rings. The minimum atomic E-state index is -0.456. The standard InChI is InChI=1S/C13H17FN4O/c1-2-6-15-7-3-4-12-17-18-13(19-12)10-5-8-16-9-11(10)14/h5,8-9,15H,2-4,6-7H2,1H3. The number of pyridine rings is 1. The van der Waals surface area contributed by atoms with E-state index < -0.39 is 5.82 Å². The molecule has 102 valence electrons. The molecule has 6 heteroatoms. The van der Waals surface area contributed by atoms with E-state index in [1.165, 1.54) is 12.3 Å². The number of aromatic nitrogens is 3. The zero-order valence-corrected chi connectivity index (χ0v) is 10.9. The summed E-state index contributed by atoms with van der Waals surface area (Å²) in [5, 5.41) is 11.1. The van der Waals surface area contributed by atoms with E-state index in [0.717, 1.165) is 32.1 Å². The van der Waals surface area contributed by atoms with Crippen molar-refractivity contribution in [3.8, 4) is 11.5 Å². The molecular formula is C13H17FN4O. The Bertz CT molecular complexity index is 515. The van der Waals surface area contributed by atoms with Crippen molar-refractivity contribution in [3.05, 3.63) is 30.2 Å². The molecule has 0 unspecified atom stereocenters. The lowest BCUT2D eigenvalue weighted by Gasteiger charge is -1.99. The summed E-state index contributed by atoms with van der Waals surface area (Å²) in [6, 6.07) is 1.52. The van der Waals surface area contributed by atoms with E-state index in [-0.39, 0.29) is 11.5 Å². The van der Waals surface area contributed by atoms with Crippen molar-refractivity contribution in [2.45, 2.75) is 26.2 Å². The van der Waals surface area contributed by atoms with Gasteiger partial charge in [0, 0.05) is 12.6 Å². The van der Waals surface area contributed by atoms with Crippen LogP contribution in [0.1, 0.15) is 25.7 Å². The molecule has 1 N–H and O–H groups in total. The van der Waals surface area contributed by atoms with E-state index in [0.29, 0.717) is 12.3 Å². The summed E-state index contributed by atoms with van der Waals surface area (Å²) in [6.45, 7) is 4.05. The second kappa shape index (κ2) is 6.94. The van der Waals surface area contributed by atoms with Crippen molar-refractivity contribution in [1.29, 1.82) is 0 Å². The Morgan fingerprint density at radius 3 is 3.00 bits per heavy atom. The highest BCUT2D eigenvalue weighted by Gasteiger charge is 2.12. The maximum atomic E-state index is 13.5. The fourth-order valence-corrected chi connectivity index (χ4v) is 1.68. The first-order valence-electron chi connectivity index (χ1n) is 6.44. The molecular weight excluding hydrogens is 247 g/mol. The largest absolute Gasteiger partial charge is 0.421 e. The van der Waals surface area contributed by atoms with Gasteiger partial charge in [-0.2, -0.15) is 0 Å². The number of hydrogen-bond acceptors (Lipinski definition) is 5. The van der Waals surface area contributed by atoms with E-state index in [4.69, 9.17) is 4.42 Å². The average molecular weight is 264 g/mol. The van der Waals surface area contributed by atoms with Crippen LogP contribution in [0.2, 0.25) is 0 Å². The van der Waals surface area contributed by atoms with Crippen molar-refractivity contribution >= 4 is 0 Å². The van der Waals surface area contributed by atoms with E-state index in [1.54, 1.807) is 0 Å². The first-order chi connectivity index (χ1) is 9.31. The van der Waals surface area contributed by atoms with Crippen LogP contribution < -0.4 is 5.32 Å². The third kappa shape index (κ3) is 3.82. The highest BCUT2D eigenvalue weighted by atomic mass is 19.1. The molecule has 0 atom stereocenters. The summed E-state index contributed by atoms with van der Waals surface area (Å²) in [5.74, 6) is 0.281. The quantitative estimate of drug-likeness (QED) is 0.777. The van der Waals surface area contributed by atoms with Gasteiger partial charge >= 0.3 is 0 Å². The Kier molecular flexibility index (Phi) is 4.97. The third-order valence-corrected chi connectivity index (χ3v) is 2.64. The van der Waals surface area contributed by atoms with Crippen LogP contribution in [-0.2, 0) is 6.42 Å². The van der Waals surface area contributed by atoms with E-state index >= 15 is 0 Å². The average Bonchev–Trinajstić information content (AvgIpc) is 2.88. The Morgan fingerprint density at radius 2 is 2.21 bits per heavy atom. The molecule has 0 spiro atoms. The van der Waals surface area contributed by atoms with Crippen molar-refractivity contribution in [1.82, 2.24) is 20.5 Å². The van der Waals surface area contributed by atoms with Crippen LogP contribution in [0.25, 0.3) is 11.5 Å². The van der Waals surface area contributed by atoms with Crippen molar-refractivity contribution in [2.24, 2.45) is 0 Å². The zero-order valence-electron chi connectivity index (χ0n) is 10.9. The molecule has 0 aliphatic heterocycles. The lowest BCUT2D eigenvalue weighted by molar-refractivity contribution is 0.488. The summed E-state index contributed by atoms with van der Waals surface area (Å²) in [4.78, 5) is 3.68. The van der Waals surface area contributed by atoms with E-state index in [9.17, 15) is 4.39 Å². The van der Waals surface area contributed by atoms with Gasteiger partial charge in [0.1, 0.15) is 0 Å². The number of aryl methyl sites for hydroxylation is 1. The molecule has 0 fully saturated rings. The van der Waals surface area contributed by atoms with Crippen LogP contribution in [0, 0.1) is 5.82 Å². The predicted molar refractivity (Wildman–Crippen MR) is 69.0 cm³/mol. The van der Waals surface area contributed by atoms with Crippen LogP contribution in [0.4, 0.5) is 4.39 Å². The number of rotatable bonds is 7. The van der Waals surface area contributed by atoms with Crippen molar-refractivity contribution in [2.75, 3.05) is 13.1 Å². The summed E-state index contributed by atoms with van der Waals surface area (Å²) in [6.07, 6.45) is 5.35. The fraction of sp³-hybridized carbons (Fsp3) is 0.462. The summed E-state index contributed by atoms with van der Waals surface area (Å²) in [7, 11) is 0. The van der Waals surface area contributed by atoms with Gasteiger partial charge in [-0.15, -0.1) is 10.2 Å². The first-order valence-corrected chi connectivity index (χ1v) is 6.44. The second-order valence-corrected chi connectivity index (χ2v) is 4.21. The molecule has 5 nitrogen and oxygen atoms in total. The van der Waals surface area contributed by atoms with E-state index in [1.807, 2.05) is 0 Å². The molecule has 0 saturated carbocycles. The van der Waals surface area contributed by atoms with Gasteiger partial charge in [-0.25, -0.2) is 4.39 Å². The lowest BCUT2D eigenvalue weighted by Crippen LogP contribution is -2.16. The Balaban J connectivity index is 1.91. The molecule has 2 aromatic rings. The molecule has 0 radical (unpaired) electrons. The zero-order chi connectivity index (χ0) is 13.5. The molecule has 2 heterocycles. The fourth-order valence-electron chi connectivity index (χ4n) is 1.68. The van der Waals surface area contributed by atoms with Crippen LogP contribution in [-0.4, -0.2) is 28.3 Å². The van der Waals surface area contributed by atoms with Crippen molar-refractivity contribution in [3.63, 3.8) is 0 Å². The van der Waals surface area contributed by atoms with Crippen LogP contribution in [0.5, 0.6) is 0 Å². The smallest absolute Gasteiger partial charge is 0.250 e. The Hall–Kier alpha value is -1.82. The number of hydrogen-bond donors (Lipinski definition) is 1. The predicted octanol–water partition coefficient (Wildman–Crippen LogP) is 2.20. The normalized spacial score (nSPS) is 10.8. The maximum absolute atomic E-state index is 13.5. The molecule has 0 amide bonds. The molecule has 2 aromatic heterocycles. The Labute approximate surface area is 111 Å². The summed E-state index contributed by atoms with van der Waals surface area (Å²) in [5.41, 5.74) is 0.290. The number of nitrogens with one attached hydrogen (secondary N) is 1. The van der Waals surface area contributed by atoms with Gasteiger partial charge in [0.15, 0.2) is 5.82 Å². The van der Waals surface area contributed by atoms with Crippen LogP contribution in [0.15, 0.2) is 22.9 Å². The molecule has 2 rings (SSSR count). The molecule has 0 aliphatic carbocycles. The summed E-state index contributed by atoms with van der Waals surface area (Å²) >= 11 is 0. The minimum Gasteiger partial charge on any atom is -0.421 e. The van der Waals surface area contributed by atoms with E-state index in [2.05, 4.69) is 27.4 Å². The van der Waals surface area contributed by atoms with Gasteiger partial charge in [-0.1, -0.05) is 6.92 Å². The lowest BCUT2D eigenvalue weighted by atomic mass is 10.2. The minimum absolute atomic E-state index is 0.205. The highest BCUT2D eigenvalue weighted by molar-refractivity contribution is 5.51. The highest BCUT2D eigenvalue weighted by Crippen LogP contribution is 2.20. The van der Waals surface area contributed by atoms with Gasteiger partial charge in [-0.05, 0) is 32.0 Å². The van der Waals surface area contributed by atoms with Gasteiger partial charge in [0.05, 0.1) is 11.8 Å². The van der Waals surface area contributed by atoms with Crippen molar-refractivity contribution < 1.29 is 8.81 Å². The molecule has 19 heavy (non-hydrogen) atoms. The van der Waals surface area contributed by atoms with Crippen LogP contribution >= 0.6 is 0 Å². The number of nitrogens with zero attached hydrogens (tertiary/aromatic N) is 3. The second-order valence-electron chi connectivity index (χ2n) is 4.21. The first kappa shape index (κ1) is 13.6. The molecule has 0 aromatic carbocycles. The van der Waals surface area contributed by atoms with Gasteiger partial charge in [-0.3, -0.25) is 4.98 Å². The number of halogens is 1. The van der Waals surface area contributed by atoms with Gasteiger partial charge in [0.2, 0.25) is 5.89 Å². The molecule has 0 bridgehead atoms. The monoisotopic (exact) mass is 264 g/mol. The SMILES string of the molecule is CCCNCCCc1nnc(-c2ccncc2F)o1.